The third-order valence-corrected chi connectivity index (χ3v) is 7.82. The van der Waals surface area contributed by atoms with Crippen LogP contribution in [0.15, 0.2) is 12.3 Å². The van der Waals surface area contributed by atoms with Crippen LogP contribution in [0.2, 0.25) is 0 Å². The van der Waals surface area contributed by atoms with Crippen molar-refractivity contribution in [2.75, 3.05) is 25.0 Å². The van der Waals surface area contributed by atoms with E-state index in [1.807, 2.05) is 6.92 Å². The number of aromatic nitrogens is 2. The summed E-state index contributed by atoms with van der Waals surface area (Å²) in [5, 5.41) is 15.6. The highest BCUT2D eigenvalue weighted by Crippen LogP contribution is 2.39. The Bertz CT molecular complexity index is 1110. The average Bonchev–Trinajstić information content (AvgIpc) is 3.42. The molecule has 0 spiro atoms. The normalized spacial score (nSPS) is 18.4. The molecule has 3 heterocycles. The van der Waals surface area contributed by atoms with Crippen molar-refractivity contribution in [2.24, 2.45) is 5.92 Å². The molecule has 196 valence electrons. The van der Waals surface area contributed by atoms with Gasteiger partial charge in [-0.15, -0.1) is 11.3 Å². The maximum Gasteiger partial charge on any atom is 0.280 e. The number of nitrogens with zero attached hydrogens (tertiary/aromatic N) is 3. The summed E-state index contributed by atoms with van der Waals surface area (Å²) in [4.78, 5) is 36.7. The summed E-state index contributed by atoms with van der Waals surface area (Å²) in [6.07, 6.45) is 3.63. The second-order valence-electron chi connectivity index (χ2n) is 10.3. The molecular formula is C25H33F2N5O3S. The Hall–Kier alpha value is -2.66. The van der Waals surface area contributed by atoms with E-state index >= 15 is 0 Å². The molecule has 2 aromatic rings. The fourth-order valence-electron chi connectivity index (χ4n) is 4.37. The molecule has 2 fully saturated rings. The summed E-state index contributed by atoms with van der Waals surface area (Å²) < 4.78 is 28.4. The molecule has 36 heavy (non-hydrogen) atoms. The average molecular weight is 522 g/mol. The topological polar surface area (TPSA) is 107 Å². The van der Waals surface area contributed by atoms with Crippen LogP contribution in [0.25, 0.3) is 10.4 Å². The second kappa shape index (κ2) is 10.8. The molecule has 11 heteroatoms. The van der Waals surface area contributed by atoms with Gasteiger partial charge in [-0.05, 0) is 58.4 Å². The molecule has 0 bridgehead atoms. The molecule has 2 aliphatic rings. The summed E-state index contributed by atoms with van der Waals surface area (Å²) in [5.74, 6) is -0.0864. The van der Waals surface area contributed by atoms with Gasteiger partial charge in [0.25, 0.3) is 18.2 Å². The van der Waals surface area contributed by atoms with Gasteiger partial charge in [0.15, 0.2) is 5.01 Å². The molecule has 2 aromatic heterocycles. The van der Waals surface area contributed by atoms with Crippen molar-refractivity contribution in [1.82, 2.24) is 20.2 Å². The molecule has 1 aliphatic carbocycles. The largest absolute Gasteiger partial charge is 0.389 e. The third kappa shape index (κ3) is 6.00. The molecule has 0 aromatic carbocycles. The SMILES string of the molecule is CC1CCCN1C(=O)c1nc(C(=O)NCC(C)(C)O)sc1-c1cnc(NCC2CCC2)cc1C(F)F. The van der Waals surface area contributed by atoms with Gasteiger partial charge >= 0.3 is 0 Å². The number of rotatable bonds is 9. The Kier molecular flexibility index (Phi) is 7.89. The molecule has 1 aliphatic heterocycles. The highest BCUT2D eigenvalue weighted by atomic mass is 32.1. The number of anilines is 1. The molecule has 4 rings (SSSR count). The number of carbonyl (C=O) groups excluding carboxylic acids is 2. The van der Waals surface area contributed by atoms with Crippen molar-refractivity contribution in [3.05, 3.63) is 28.5 Å². The molecule has 8 nitrogen and oxygen atoms in total. The van der Waals surface area contributed by atoms with Crippen molar-refractivity contribution in [3.8, 4) is 10.4 Å². The lowest BCUT2D eigenvalue weighted by Gasteiger charge is -2.25. The minimum Gasteiger partial charge on any atom is -0.389 e. The number of halogens is 2. The monoisotopic (exact) mass is 521 g/mol. The zero-order chi connectivity index (χ0) is 26.0. The number of amides is 2. The van der Waals surface area contributed by atoms with E-state index in [1.54, 1.807) is 18.7 Å². The lowest BCUT2D eigenvalue weighted by atomic mass is 9.85. The van der Waals surface area contributed by atoms with Crippen LogP contribution < -0.4 is 10.6 Å². The number of likely N-dealkylation sites (tertiary alicyclic amines) is 1. The second-order valence-corrected chi connectivity index (χ2v) is 11.3. The van der Waals surface area contributed by atoms with E-state index in [0.29, 0.717) is 24.8 Å². The van der Waals surface area contributed by atoms with Crippen LogP contribution in [0.1, 0.15) is 85.2 Å². The third-order valence-electron chi connectivity index (χ3n) is 6.73. The van der Waals surface area contributed by atoms with E-state index in [-0.39, 0.29) is 45.2 Å². The number of carbonyl (C=O) groups is 2. The van der Waals surface area contributed by atoms with Gasteiger partial charge in [0, 0.05) is 43.0 Å². The van der Waals surface area contributed by atoms with Crippen LogP contribution in [0.3, 0.4) is 0 Å². The zero-order valence-electron chi connectivity index (χ0n) is 20.8. The predicted octanol–water partition coefficient (Wildman–Crippen LogP) is 4.48. The van der Waals surface area contributed by atoms with E-state index in [1.165, 1.54) is 18.7 Å². The smallest absolute Gasteiger partial charge is 0.280 e. The van der Waals surface area contributed by atoms with E-state index in [4.69, 9.17) is 0 Å². The first-order valence-electron chi connectivity index (χ1n) is 12.4. The van der Waals surface area contributed by atoms with Crippen molar-refractivity contribution in [3.63, 3.8) is 0 Å². The highest BCUT2D eigenvalue weighted by molar-refractivity contribution is 7.17. The first kappa shape index (κ1) is 26.4. The molecule has 1 saturated heterocycles. The van der Waals surface area contributed by atoms with Crippen LogP contribution in [-0.4, -0.2) is 63.1 Å². The van der Waals surface area contributed by atoms with Crippen LogP contribution in [0.4, 0.5) is 14.6 Å². The van der Waals surface area contributed by atoms with Crippen molar-refractivity contribution in [1.29, 1.82) is 0 Å². The van der Waals surface area contributed by atoms with Crippen LogP contribution in [0, 0.1) is 5.92 Å². The Balaban J connectivity index is 1.70. The molecular weight excluding hydrogens is 488 g/mol. The molecule has 1 saturated carbocycles. The number of thiazole rings is 1. The van der Waals surface area contributed by atoms with Gasteiger partial charge < -0.3 is 20.6 Å². The van der Waals surface area contributed by atoms with Crippen LogP contribution in [-0.2, 0) is 0 Å². The van der Waals surface area contributed by atoms with Gasteiger partial charge in [0.1, 0.15) is 11.5 Å². The number of hydrogen-bond donors (Lipinski definition) is 3. The summed E-state index contributed by atoms with van der Waals surface area (Å²) in [7, 11) is 0. The summed E-state index contributed by atoms with van der Waals surface area (Å²) in [6.45, 7) is 6.22. The van der Waals surface area contributed by atoms with E-state index < -0.39 is 17.9 Å². The first-order valence-corrected chi connectivity index (χ1v) is 13.2. The van der Waals surface area contributed by atoms with Gasteiger partial charge in [0.2, 0.25) is 0 Å². The predicted molar refractivity (Wildman–Crippen MR) is 134 cm³/mol. The maximum absolute atomic E-state index is 14.2. The molecule has 1 atom stereocenters. The molecule has 0 radical (unpaired) electrons. The lowest BCUT2D eigenvalue weighted by molar-refractivity contribution is 0.0692. The van der Waals surface area contributed by atoms with Crippen molar-refractivity contribution >= 4 is 29.0 Å². The van der Waals surface area contributed by atoms with E-state index in [9.17, 15) is 23.5 Å². The standard InChI is InChI=1S/C25H33F2N5O3S/c1-14-6-5-9-32(14)24(34)19-20(36-23(31-19)22(33)30-13-25(2,3)35)17-12-29-18(10-16(17)21(26)27)28-11-15-7-4-8-15/h10,12,14-15,21,35H,4-9,11,13H2,1-3H3,(H,28,29)(H,30,33). The molecule has 2 amide bonds. The Morgan fingerprint density at radius 3 is 2.61 bits per heavy atom. The van der Waals surface area contributed by atoms with Crippen molar-refractivity contribution < 1.29 is 23.5 Å². The van der Waals surface area contributed by atoms with Gasteiger partial charge in [-0.1, -0.05) is 6.42 Å². The Morgan fingerprint density at radius 1 is 1.28 bits per heavy atom. The molecule has 1 unspecified atom stereocenters. The summed E-state index contributed by atoms with van der Waals surface area (Å²) >= 11 is 0.882. The maximum atomic E-state index is 14.2. The van der Waals surface area contributed by atoms with Gasteiger partial charge in [-0.3, -0.25) is 9.59 Å². The minimum absolute atomic E-state index is 0.00899. The number of aliphatic hydroxyl groups is 1. The van der Waals surface area contributed by atoms with Crippen molar-refractivity contribution in [2.45, 2.75) is 70.9 Å². The number of hydrogen-bond acceptors (Lipinski definition) is 7. The number of pyridine rings is 1. The summed E-state index contributed by atoms with van der Waals surface area (Å²) in [5.41, 5.74) is -1.35. The van der Waals surface area contributed by atoms with E-state index in [0.717, 1.165) is 37.0 Å². The Morgan fingerprint density at radius 2 is 2.03 bits per heavy atom. The first-order chi connectivity index (χ1) is 17.0. The van der Waals surface area contributed by atoms with E-state index in [2.05, 4.69) is 20.6 Å². The zero-order valence-corrected chi connectivity index (χ0v) is 21.6. The lowest BCUT2D eigenvalue weighted by Crippen LogP contribution is -2.38. The van der Waals surface area contributed by atoms with Crippen LogP contribution in [0.5, 0.6) is 0 Å². The van der Waals surface area contributed by atoms with Crippen LogP contribution >= 0.6 is 11.3 Å². The highest BCUT2D eigenvalue weighted by Gasteiger charge is 2.33. The number of alkyl halides is 2. The fourth-order valence-corrected chi connectivity index (χ4v) is 5.38. The fraction of sp³-hybridized carbons (Fsp3) is 0.600. The minimum atomic E-state index is -2.81. The quantitative estimate of drug-likeness (QED) is 0.449. The van der Waals surface area contributed by atoms with Gasteiger partial charge in [0.05, 0.1) is 10.5 Å². The van der Waals surface area contributed by atoms with Gasteiger partial charge in [-0.25, -0.2) is 18.7 Å². The number of nitrogens with one attached hydrogen (secondary N) is 2. The van der Waals surface area contributed by atoms with Gasteiger partial charge in [-0.2, -0.15) is 0 Å². The molecule has 3 N–H and O–H groups in total. The summed E-state index contributed by atoms with van der Waals surface area (Å²) in [6, 6.07) is 1.31. The Labute approximate surface area is 213 Å².